The first-order valence-electron chi connectivity index (χ1n) is 21.3. The molecule has 0 amide bonds. The van der Waals surface area contributed by atoms with Crippen molar-refractivity contribution in [3.63, 3.8) is 0 Å². The molecule has 6 aliphatic rings. The van der Waals surface area contributed by atoms with Crippen molar-refractivity contribution in [3.05, 3.63) is 53.6 Å². The molecular weight excluding hydrogens is 641 g/mol. The van der Waals surface area contributed by atoms with Gasteiger partial charge in [-0.05, 0) is 154 Å². The molecule has 7 rings (SSSR count). The highest BCUT2D eigenvalue weighted by Gasteiger charge is 2.65. The van der Waals surface area contributed by atoms with Crippen LogP contribution in [-0.2, 0) is 9.47 Å². The van der Waals surface area contributed by atoms with Crippen molar-refractivity contribution in [2.75, 3.05) is 33.4 Å². The van der Waals surface area contributed by atoms with Gasteiger partial charge in [-0.1, -0.05) is 71.2 Å². The summed E-state index contributed by atoms with van der Waals surface area (Å²) in [5.41, 5.74) is 5.80. The molecular formula is C47H74N2O3. The number of carbonyl (C=O) groups excluding carboxylic acids is 1. The van der Waals surface area contributed by atoms with Gasteiger partial charge in [0.15, 0.2) is 0 Å². The molecule has 5 unspecified atom stereocenters. The number of esters is 1. The number of fused-ring (bicyclic) bond motifs is 7. The number of hydrogen-bond acceptors (Lipinski definition) is 5. The van der Waals surface area contributed by atoms with E-state index in [0.29, 0.717) is 39.9 Å². The molecule has 5 heteroatoms. The fraction of sp³-hybridized carbons (Fsp3) is 0.766. The van der Waals surface area contributed by atoms with E-state index in [1.165, 1.54) is 101 Å². The summed E-state index contributed by atoms with van der Waals surface area (Å²) in [5, 5.41) is 4.33. The van der Waals surface area contributed by atoms with Crippen molar-refractivity contribution in [2.24, 2.45) is 45.8 Å². The zero-order valence-electron chi connectivity index (χ0n) is 34.6. The Hall–Kier alpha value is -1.95. The average molecular weight is 715 g/mol. The van der Waals surface area contributed by atoms with Gasteiger partial charge < -0.3 is 14.8 Å². The molecule has 1 aromatic carbocycles. The zero-order chi connectivity index (χ0) is 37.5. The van der Waals surface area contributed by atoms with E-state index in [2.05, 4.69) is 76.5 Å². The number of methoxy groups -OCH3 is 1. The molecule has 5 aliphatic carbocycles. The number of nitrogens with one attached hydrogen (secondary N) is 1. The van der Waals surface area contributed by atoms with Gasteiger partial charge in [0.1, 0.15) is 0 Å². The first-order chi connectivity index (χ1) is 24.7. The highest BCUT2D eigenvalue weighted by molar-refractivity contribution is 5.89. The van der Waals surface area contributed by atoms with Crippen LogP contribution in [0.1, 0.15) is 148 Å². The largest absolute Gasteiger partial charge is 0.465 e. The molecule has 0 spiro atoms. The highest BCUT2D eigenvalue weighted by Crippen LogP contribution is 2.72. The molecule has 0 radical (unpaired) electrons. The molecule has 5 fully saturated rings. The average Bonchev–Trinajstić information content (AvgIpc) is 3.53. The van der Waals surface area contributed by atoms with Crippen LogP contribution < -0.4 is 5.32 Å². The lowest BCUT2D eigenvalue weighted by Gasteiger charge is -2.68. The van der Waals surface area contributed by atoms with Gasteiger partial charge in [-0.15, -0.1) is 6.58 Å². The maximum absolute atomic E-state index is 12.1. The Morgan fingerprint density at radius 1 is 0.942 bits per heavy atom. The summed E-state index contributed by atoms with van der Waals surface area (Å²) in [4.78, 5) is 14.9. The number of benzene rings is 1. The minimum atomic E-state index is -0.260. The predicted octanol–water partition coefficient (Wildman–Crippen LogP) is 10.7. The van der Waals surface area contributed by atoms with Gasteiger partial charge >= 0.3 is 5.97 Å². The lowest BCUT2D eigenvalue weighted by molar-refractivity contribution is -0.172. The van der Waals surface area contributed by atoms with E-state index < -0.39 is 0 Å². The number of ether oxygens (including phenoxy) is 2. The number of nitrogens with zero attached hydrogens (tertiary/aromatic N) is 1. The second-order valence-corrected chi connectivity index (χ2v) is 19.5. The van der Waals surface area contributed by atoms with Crippen LogP contribution in [0.3, 0.4) is 0 Å². The van der Waals surface area contributed by atoms with Crippen LogP contribution in [0.25, 0.3) is 5.57 Å². The Morgan fingerprint density at radius 3 is 2.37 bits per heavy atom. The second kappa shape index (κ2) is 15.7. The molecule has 1 N–H and O–H groups in total. The monoisotopic (exact) mass is 715 g/mol. The van der Waals surface area contributed by atoms with Crippen LogP contribution in [0.15, 0.2) is 42.5 Å². The Morgan fingerprint density at radius 2 is 1.67 bits per heavy atom. The van der Waals surface area contributed by atoms with Gasteiger partial charge in [-0.3, -0.25) is 4.90 Å². The van der Waals surface area contributed by atoms with Crippen molar-refractivity contribution >= 4 is 11.5 Å². The summed E-state index contributed by atoms with van der Waals surface area (Å²) >= 11 is 0. The number of carbonyl (C=O) groups is 1. The molecule has 1 aromatic rings. The molecule has 4 saturated carbocycles. The smallest absolute Gasteiger partial charge is 0.337 e. The van der Waals surface area contributed by atoms with Crippen LogP contribution >= 0.6 is 0 Å². The predicted molar refractivity (Wildman–Crippen MR) is 216 cm³/mol. The number of hydrogen-bond donors (Lipinski definition) is 1. The van der Waals surface area contributed by atoms with Gasteiger partial charge in [-0.2, -0.15) is 0 Å². The van der Waals surface area contributed by atoms with Crippen LogP contribution in [0.2, 0.25) is 0 Å². The standard InChI is InChI=1S/C43H66N2O3.C4H8/c1-8-10-32-28-48-27-29(2)45(32)26-25-44-43-21-9-11-36(43)33-16-17-38-41(5,35(33)19-24-43)23-20-37-40(3,4)34(18-22-42(37,38)6)30-12-14-31(15-13-30)39(46)47-7;1-4(2)3/h12-15,18,29,32-33,35-38,44H,8-11,16-17,19-28H2,1-7H3;1H2,2-3H3/t29?,32?,33-,35?,36+,37?,38?,41-,42-,43-;/m0./s1. The van der Waals surface area contributed by atoms with Crippen molar-refractivity contribution in [3.8, 4) is 0 Å². The number of morpholine rings is 1. The van der Waals surface area contributed by atoms with E-state index in [0.717, 1.165) is 50.0 Å². The molecule has 52 heavy (non-hydrogen) atoms. The van der Waals surface area contributed by atoms with Gasteiger partial charge in [0.2, 0.25) is 0 Å². The summed E-state index contributed by atoms with van der Waals surface area (Å²) in [5.74, 6) is 3.83. The normalized spacial score (nSPS) is 39.4. The van der Waals surface area contributed by atoms with E-state index in [-0.39, 0.29) is 11.4 Å². The number of allylic oxidation sites excluding steroid dienone is 3. The number of rotatable bonds is 8. The topological polar surface area (TPSA) is 50.8 Å². The van der Waals surface area contributed by atoms with E-state index in [1.807, 2.05) is 26.0 Å². The third kappa shape index (κ3) is 7.14. The van der Waals surface area contributed by atoms with Gasteiger partial charge in [0.05, 0.1) is 25.9 Å². The lowest BCUT2D eigenvalue weighted by atomic mass is 9.37. The second-order valence-electron chi connectivity index (χ2n) is 19.5. The SMILES string of the molecule is C=C(C)C.CCCC1COCC(C)N1CCN[C@]12CCC[C@@H]1[C@H]1CCC3[C@@](C)(CCC4C(C)(C)C(c5ccc(C(=O)OC)cc5)=CC[C@@]43C)C1CC2. The molecule has 10 atom stereocenters. The maximum atomic E-state index is 12.1. The molecule has 1 aliphatic heterocycles. The Balaban J connectivity index is 0.00000110. The minimum absolute atomic E-state index is 0.100. The fourth-order valence-electron chi connectivity index (χ4n) is 13.9. The van der Waals surface area contributed by atoms with Gasteiger partial charge in [-0.25, -0.2) is 4.79 Å². The van der Waals surface area contributed by atoms with E-state index in [1.54, 1.807) is 0 Å². The summed E-state index contributed by atoms with van der Waals surface area (Å²) < 4.78 is 10.9. The highest BCUT2D eigenvalue weighted by atomic mass is 16.5. The van der Waals surface area contributed by atoms with Crippen LogP contribution in [0.4, 0.5) is 0 Å². The van der Waals surface area contributed by atoms with Crippen LogP contribution in [0.5, 0.6) is 0 Å². The first kappa shape index (κ1) is 39.7. The first-order valence-corrected chi connectivity index (χ1v) is 21.3. The van der Waals surface area contributed by atoms with Crippen molar-refractivity contribution in [1.82, 2.24) is 10.2 Å². The minimum Gasteiger partial charge on any atom is -0.465 e. The van der Waals surface area contributed by atoms with E-state index in [4.69, 9.17) is 9.47 Å². The fourth-order valence-corrected chi connectivity index (χ4v) is 13.9. The molecule has 5 nitrogen and oxygen atoms in total. The molecule has 1 heterocycles. The van der Waals surface area contributed by atoms with Gasteiger partial charge in [0.25, 0.3) is 0 Å². The Labute approximate surface area is 318 Å². The lowest BCUT2D eigenvalue weighted by Crippen LogP contribution is -2.64. The van der Waals surface area contributed by atoms with Crippen LogP contribution in [0, 0.1) is 45.8 Å². The molecule has 1 saturated heterocycles. The molecule has 0 aromatic heterocycles. The molecule has 290 valence electrons. The van der Waals surface area contributed by atoms with E-state index in [9.17, 15) is 4.79 Å². The van der Waals surface area contributed by atoms with E-state index >= 15 is 0 Å². The zero-order valence-corrected chi connectivity index (χ0v) is 34.6. The maximum Gasteiger partial charge on any atom is 0.337 e. The quantitative estimate of drug-likeness (QED) is 0.215. The third-order valence-electron chi connectivity index (χ3n) is 15.9. The van der Waals surface area contributed by atoms with Crippen molar-refractivity contribution in [2.45, 2.75) is 150 Å². The third-order valence-corrected chi connectivity index (χ3v) is 15.9. The van der Waals surface area contributed by atoms with Crippen molar-refractivity contribution in [1.29, 1.82) is 0 Å². The van der Waals surface area contributed by atoms with Crippen molar-refractivity contribution < 1.29 is 14.3 Å². The van der Waals surface area contributed by atoms with Gasteiger partial charge in [0, 0.05) is 30.7 Å². The summed E-state index contributed by atoms with van der Waals surface area (Å²) in [6.07, 6.45) is 18.9. The summed E-state index contributed by atoms with van der Waals surface area (Å²) in [6.45, 7) is 26.8. The summed E-state index contributed by atoms with van der Waals surface area (Å²) in [7, 11) is 1.46. The molecule has 0 bridgehead atoms. The Kier molecular flexibility index (Phi) is 12.0. The summed E-state index contributed by atoms with van der Waals surface area (Å²) in [6, 6.07) is 9.30. The Bertz CT molecular complexity index is 1440. The van der Waals surface area contributed by atoms with Crippen LogP contribution in [-0.4, -0.2) is 61.9 Å².